The molecule has 3 nitrogen and oxygen atoms in total. The van der Waals surface area contributed by atoms with E-state index in [0.717, 1.165) is 25.9 Å². The van der Waals surface area contributed by atoms with Gasteiger partial charge in [0.15, 0.2) is 0 Å². The highest BCUT2D eigenvalue weighted by Crippen LogP contribution is 2.21. The average molecular weight is 336 g/mol. The smallest absolute Gasteiger partial charge is 0.0521 e. The molecule has 2 rings (SSSR count). The number of halogens is 1. The number of aryl methyl sites for hydroxylation is 1. The molecule has 0 bridgehead atoms. The van der Waals surface area contributed by atoms with E-state index >= 15 is 0 Å². The van der Waals surface area contributed by atoms with Crippen molar-refractivity contribution in [3.8, 4) is 0 Å². The standard InChI is InChI=1S/C16H22BrN3/c1-3-20-12-14(11-19-20)8-13(10-18-2)9-15-6-4-5-7-16(15)17/h4-7,11-13,18H,3,8-10H2,1-2H3. The van der Waals surface area contributed by atoms with E-state index in [0.29, 0.717) is 5.92 Å². The number of benzene rings is 1. The summed E-state index contributed by atoms with van der Waals surface area (Å²) >= 11 is 3.64. The summed E-state index contributed by atoms with van der Waals surface area (Å²) in [5.41, 5.74) is 2.69. The van der Waals surface area contributed by atoms with E-state index in [9.17, 15) is 0 Å². The summed E-state index contributed by atoms with van der Waals surface area (Å²) < 4.78 is 3.19. The van der Waals surface area contributed by atoms with Gasteiger partial charge in [0.2, 0.25) is 0 Å². The third-order valence-corrected chi connectivity index (χ3v) is 4.27. The van der Waals surface area contributed by atoms with Crippen molar-refractivity contribution in [2.24, 2.45) is 5.92 Å². The fourth-order valence-electron chi connectivity index (χ4n) is 2.50. The second-order valence-corrected chi connectivity index (χ2v) is 5.98. The van der Waals surface area contributed by atoms with Gasteiger partial charge in [-0.15, -0.1) is 0 Å². The van der Waals surface area contributed by atoms with Crippen LogP contribution in [0.4, 0.5) is 0 Å². The van der Waals surface area contributed by atoms with Crippen LogP contribution in [0.25, 0.3) is 0 Å². The molecular formula is C16H22BrN3. The van der Waals surface area contributed by atoms with Crippen LogP contribution in [-0.2, 0) is 19.4 Å². The van der Waals surface area contributed by atoms with Gasteiger partial charge in [-0.2, -0.15) is 5.10 Å². The molecule has 1 atom stereocenters. The number of nitrogens with zero attached hydrogens (tertiary/aromatic N) is 2. The molecule has 4 heteroatoms. The van der Waals surface area contributed by atoms with Gasteiger partial charge in [-0.1, -0.05) is 34.1 Å². The first-order valence-corrected chi connectivity index (χ1v) is 7.91. The minimum absolute atomic E-state index is 0.577. The first-order valence-electron chi connectivity index (χ1n) is 7.12. The van der Waals surface area contributed by atoms with Crippen molar-refractivity contribution in [1.29, 1.82) is 0 Å². The summed E-state index contributed by atoms with van der Waals surface area (Å²) in [5.74, 6) is 0.577. The van der Waals surface area contributed by atoms with Gasteiger partial charge in [0.1, 0.15) is 0 Å². The Morgan fingerprint density at radius 1 is 1.30 bits per heavy atom. The maximum absolute atomic E-state index is 4.36. The molecular weight excluding hydrogens is 314 g/mol. The Bertz CT molecular complexity index is 536. The van der Waals surface area contributed by atoms with E-state index in [-0.39, 0.29) is 0 Å². The zero-order valence-electron chi connectivity index (χ0n) is 12.1. The summed E-state index contributed by atoms with van der Waals surface area (Å²) in [6, 6.07) is 8.47. The molecule has 0 aliphatic heterocycles. The summed E-state index contributed by atoms with van der Waals surface area (Å²) in [6.45, 7) is 4.06. The van der Waals surface area contributed by atoms with Gasteiger partial charge in [-0.3, -0.25) is 4.68 Å². The van der Waals surface area contributed by atoms with Gasteiger partial charge >= 0.3 is 0 Å². The van der Waals surface area contributed by atoms with E-state index in [1.165, 1.54) is 15.6 Å². The summed E-state index contributed by atoms with van der Waals surface area (Å²) in [5, 5.41) is 7.67. The highest BCUT2D eigenvalue weighted by molar-refractivity contribution is 9.10. The SMILES string of the molecule is CCn1cc(CC(CNC)Cc2ccccc2Br)cn1. The van der Waals surface area contributed by atoms with Gasteiger partial charge in [0, 0.05) is 17.2 Å². The first-order chi connectivity index (χ1) is 9.72. The predicted octanol–water partition coefficient (Wildman–Crippen LogP) is 3.29. The highest BCUT2D eigenvalue weighted by Gasteiger charge is 2.13. The van der Waals surface area contributed by atoms with Gasteiger partial charge < -0.3 is 5.32 Å². The van der Waals surface area contributed by atoms with E-state index in [2.05, 4.69) is 63.7 Å². The van der Waals surface area contributed by atoms with Crippen LogP contribution >= 0.6 is 15.9 Å². The lowest BCUT2D eigenvalue weighted by molar-refractivity contribution is 0.492. The van der Waals surface area contributed by atoms with Crippen LogP contribution < -0.4 is 5.32 Å². The molecule has 1 unspecified atom stereocenters. The van der Waals surface area contributed by atoms with Crippen LogP contribution in [0.1, 0.15) is 18.1 Å². The molecule has 0 spiro atoms. The molecule has 1 aromatic heterocycles. The van der Waals surface area contributed by atoms with Crippen molar-refractivity contribution in [2.75, 3.05) is 13.6 Å². The second kappa shape index (κ2) is 7.60. The van der Waals surface area contributed by atoms with Gasteiger partial charge in [-0.05, 0) is 56.5 Å². The predicted molar refractivity (Wildman–Crippen MR) is 86.9 cm³/mol. The molecule has 2 aromatic rings. The van der Waals surface area contributed by atoms with Gasteiger partial charge in [0.05, 0.1) is 6.20 Å². The maximum atomic E-state index is 4.36. The molecule has 1 heterocycles. The molecule has 0 aliphatic rings. The van der Waals surface area contributed by atoms with Gasteiger partial charge in [0.25, 0.3) is 0 Å². The van der Waals surface area contributed by atoms with Crippen molar-refractivity contribution in [2.45, 2.75) is 26.3 Å². The molecule has 0 aliphatic carbocycles. The lowest BCUT2D eigenvalue weighted by Gasteiger charge is -2.16. The molecule has 1 aromatic carbocycles. The fraction of sp³-hybridized carbons (Fsp3) is 0.438. The lowest BCUT2D eigenvalue weighted by Crippen LogP contribution is -2.22. The Morgan fingerprint density at radius 2 is 2.10 bits per heavy atom. The van der Waals surface area contributed by atoms with Crippen LogP contribution in [0.15, 0.2) is 41.1 Å². The average Bonchev–Trinajstić information content (AvgIpc) is 2.89. The summed E-state index contributed by atoms with van der Waals surface area (Å²) in [4.78, 5) is 0. The van der Waals surface area contributed by atoms with E-state index in [1.54, 1.807) is 0 Å². The van der Waals surface area contributed by atoms with Crippen molar-refractivity contribution >= 4 is 15.9 Å². The zero-order valence-corrected chi connectivity index (χ0v) is 13.7. The minimum Gasteiger partial charge on any atom is -0.319 e. The molecule has 1 N–H and O–H groups in total. The highest BCUT2D eigenvalue weighted by atomic mass is 79.9. The van der Waals surface area contributed by atoms with Crippen molar-refractivity contribution in [3.05, 3.63) is 52.3 Å². The molecule has 0 amide bonds. The van der Waals surface area contributed by atoms with Crippen LogP contribution in [-0.4, -0.2) is 23.4 Å². The molecule has 108 valence electrons. The lowest BCUT2D eigenvalue weighted by atomic mass is 9.93. The van der Waals surface area contributed by atoms with E-state index in [4.69, 9.17) is 0 Å². The van der Waals surface area contributed by atoms with Crippen molar-refractivity contribution in [3.63, 3.8) is 0 Å². The number of aromatic nitrogens is 2. The fourth-order valence-corrected chi connectivity index (χ4v) is 2.94. The Kier molecular flexibility index (Phi) is 5.80. The van der Waals surface area contributed by atoms with Crippen LogP contribution in [0.5, 0.6) is 0 Å². The minimum atomic E-state index is 0.577. The molecule has 20 heavy (non-hydrogen) atoms. The Morgan fingerprint density at radius 3 is 2.75 bits per heavy atom. The monoisotopic (exact) mass is 335 g/mol. The summed E-state index contributed by atoms with van der Waals surface area (Å²) in [6.07, 6.45) is 6.27. The van der Waals surface area contributed by atoms with Gasteiger partial charge in [-0.25, -0.2) is 0 Å². The number of hydrogen-bond acceptors (Lipinski definition) is 2. The quantitative estimate of drug-likeness (QED) is 0.841. The normalized spacial score (nSPS) is 12.6. The molecule has 0 radical (unpaired) electrons. The van der Waals surface area contributed by atoms with E-state index < -0.39 is 0 Å². The maximum Gasteiger partial charge on any atom is 0.0521 e. The molecule has 0 saturated heterocycles. The molecule has 0 saturated carbocycles. The number of hydrogen-bond donors (Lipinski definition) is 1. The topological polar surface area (TPSA) is 29.9 Å². The third kappa shape index (κ3) is 4.18. The van der Waals surface area contributed by atoms with Crippen molar-refractivity contribution < 1.29 is 0 Å². The van der Waals surface area contributed by atoms with Crippen molar-refractivity contribution in [1.82, 2.24) is 15.1 Å². The van der Waals surface area contributed by atoms with Crippen LogP contribution in [0, 0.1) is 5.92 Å². The number of nitrogens with one attached hydrogen (secondary N) is 1. The Labute approximate surface area is 129 Å². The van der Waals surface area contributed by atoms with Crippen LogP contribution in [0.3, 0.4) is 0 Å². The first kappa shape index (κ1) is 15.3. The van der Waals surface area contributed by atoms with E-state index in [1.807, 2.05) is 17.9 Å². The van der Waals surface area contributed by atoms with Crippen LogP contribution in [0.2, 0.25) is 0 Å². The zero-order chi connectivity index (χ0) is 14.4. The third-order valence-electron chi connectivity index (χ3n) is 3.49. The largest absolute Gasteiger partial charge is 0.319 e. The summed E-state index contributed by atoms with van der Waals surface area (Å²) in [7, 11) is 2.02. The Balaban J connectivity index is 2.05. The molecule has 0 fully saturated rings. The Hall–Kier alpha value is -1.13. The second-order valence-electron chi connectivity index (χ2n) is 5.13. The number of rotatable bonds is 7.